The van der Waals surface area contributed by atoms with Crippen molar-refractivity contribution in [3.63, 3.8) is 0 Å². The summed E-state index contributed by atoms with van der Waals surface area (Å²) in [4.78, 5) is 16.5. The van der Waals surface area contributed by atoms with Gasteiger partial charge in [0.25, 0.3) is 0 Å². The summed E-state index contributed by atoms with van der Waals surface area (Å²) in [7, 11) is 1.60. The van der Waals surface area contributed by atoms with E-state index in [4.69, 9.17) is 4.74 Å². The molecule has 3 rings (SSSR count). The topological polar surface area (TPSA) is 56.1 Å². The van der Waals surface area contributed by atoms with E-state index < -0.39 is 0 Å². The SMILES string of the molecule is COc1cccc(NC(=O)CSc2nccn2-c2ccccc2)c1. The molecule has 122 valence electrons. The van der Waals surface area contributed by atoms with Gasteiger partial charge in [0.15, 0.2) is 5.16 Å². The Balaban J connectivity index is 1.62. The number of nitrogens with zero attached hydrogens (tertiary/aromatic N) is 2. The molecule has 24 heavy (non-hydrogen) atoms. The molecular weight excluding hydrogens is 322 g/mol. The number of aromatic nitrogens is 2. The van der Waals surface area contributed by atoms with Crippen LogP contribution in [0.1, 0.15) is 0 Å². The van der Waals surface area contributed by atoms with Gasteiger partial charge in [-0.25, -0.2) is 4.98 Å². The predicted molar refractivity (Wildman–Crippen MR) is 95.9 cm³/mol. The number of ether oxygens (including phenoxy) is 1. The van der Waals surface area contributed by atoms with Gasteiger partial charge in [-0.15, -0.1) is 0 Å². The number of thioether (sulfide) groups is 1. The van der Waals surface area contributed by atoms with Gasteiger partial charge in [-0.3, -0.25) is 9.36 Å². The van der Waals surface area contributed by atoms with Crippen molar-refractivity contribution < 1.29 is 9.53 Å². The van der Waals surface area contributed by atoms with Crippen LogP contribution in [0.15, 0.2) is 72.1 Å². The van der Waals surface area contributed by atoms with Crippen molar-refractivity contribution in [3.8, 4) is 11.4 Å². The molecule has 0 spiro atoms. The van der Waals surface area contributed by atoms with Crippen LogP contribution in [0.3, 0.4) is 0 Å². The number of hydrogen-bond acceptors (Lipinski definition) is 4. The second-order valence-corrected chi connectivity index (χ2v) is 5.93. The fourth-order valence-corrected chi connectivity index (χ4v) is 2.98. The molecule has 1 amide bonds. The molecule has 0 aliphatic carbocycles. The average Bonchev–Trinajstić information content (AvgIpc) is 3.09. The summed E-state index contributed by atoms with van der Waals surface area (Å²) in [6.07, 6.45) is 3.62. The Bertz CT molecular complexity index is 818. The fourth-order valence-electron chi connectivity index (χ4n) is 2.21. The maximum absolute atomic E-state index is 12.1. The van der Waals surface area contributed by atoms with Crippen LogP contribution in [0, 0.1) is 0 Å². The van der Waals surface area contributed by atoms with E-state index in [1.807, 2.05) is 59.3 Å². The van der Waals surface area contributed by atoms with Crippen molar-refractivity contribution in [1.82, 2.24) is 9.55 Å². The lowest BCUT2D eigenvalue weighted by Gasteiger charge is -2.08. The highest BCUT2D eigenvalue weighted by atomic mass is 32.2. The van der Waals surface area contributed by atoms with Gasteiger partial charge in [0, 0.05) is 29.8 Å². The summed E-state index contributed by atoms with van der Waals surface area (Å²) in [5.41, 5.74) is 1.73. The monoisotopic (exact) mass is 339 g/mol. The average molecular weight is 339 g/mol. The maximum Gasteiger partial charge on any atom is 0.234 e. The number of hydrogen-bond donors (Lipinski definition) is 1. The summed E-state index contributed by atoms with van der Waals surface area (Å²) in [5.74, 6) is 0.900. The van der Waals surface area contributed by atoms with Gasteiger partial charge >= 0.3 is 0 Å². The number of nitrogens with one attached hydrogen (secondary N) is 1. The predicted octanol–water partition coefficient (Wildman–Crippen LogP) is 3.61. The summed E-state index contributed by atoms with van der Waals surface area (Å²) in [6.45, 7) is 0. The number of carbonyl (C=O) groups excluding carboxylic acids is 1. The van der Waals surface area contributed by atoms with E-state index in [-0.39, 0.29) is 11.7 Å². The minimum Gasteiger partial charge on any atom is -0.497 e. The van der Waals surface area contributed by atoms with Gasteiger partial charge in [0.05, 0.1) is 12.9 Å². The Morgan fingerprint density at radius 2 is 2.04 bits per heavy atom. The molecule has 6 heteroatoms. The second kappa shape index (κ2) is 7.70. The number of benzene rings is 2. The summed E-state index contributed by atoms with van der Waals surface area (Å²) >= 11 is 1.39. The largest absolute Gasteiger partial charge is 0.497 e. The summed E-state index contributed by atoms with van der Waals surface area (Å²) < 4.78 is 7.11. The van der Waals surface area contributed by atoms with Crippen LogP contribution in [-0.2, 0) is 4.79 Å². The molecule has 2 aromatic carbocycles. The first-order chi connectivity index (χ1) is 11.8. The lowest BCUT2D eigenvalue weighted by Crippen LogP contribution is -2.14. The van der Waals surface area contributed by atoms with Crippen molar-refractivity contribution in [1.29, 1.82) is 0 Å². The third kappa shape index (κ3) is 3.97. The number of methoxy groups -OCH3 is 1. The molecule has 0 aliphatic rings. The first-order valence-corrected chi connectivity index (χ1v) is 8.40. The Labute approximate surface area is 144 Å². The van der Waals surface area contributed by atoms with Crippen LogP contribution in [0.4, 0.5) is 5.69 Å². The minimum absolute atomic E-state index is 0.0872. The van der Waals surface area contributed by atoms with E-state index in [1.54, 1.807) is 19.4 Å². The highest BCUT2D eigenvalue weighted by molar-refractivity contribution is 7.99. The molecule has 5 nitrogen and oxygen atoms in total. The van der Waals surface area contributed by atoms with Gasteiger partial charge in [-0.05, 0) is 24.3 Å². The van der Waals surface area contributed by atoms with Gasteiger partial charge in [0.1, 0.15) is 5.75 Å². The van der Waals surface area contributed by atoms with Crippen LogP contribution in [-0.4, -0.2) is 28.3 Å². The van der Waals surface area contributed by atoms with Crippen LogP contribution >= 0.6 is 11.8 Å². The molecule has 3 aromatic rings. The number of anilines is 1. The Morgan fingerprint density at radius 1 is 1.21 bits per heavy atom. The number of para-hydroxylation sites is 1. The van der Waals surface area contributed by atoms with Crippen molar-refractivity contribution in [3.05, 3.63) is 67.0 Å². The highest BCUT2D eigenvalue weighted by Gasteiger charge is 2.09. The third-order valence-corrected chi connectivity index (χ3v) is 4.29. The minimum atomic E-state index is -0.0872. The molecule has 0 aliphatic heterocycles. The summed E-state index contributed by atoms with van der Waals surface area (Å²) in [5, 5.41) is 3.64. The number of imidazole rings is 1. The fraction of sp³-hybridized carbons (Fsp3) is 0.111. The molecule has 0 saturated heterocycles. The van der Waals surface area contributed by atoms with Crippen LogP contribution in [0.25, 0.3) is 5.69 Å². The van der Waals surface area contributed by atoms with Gasteiger partial charge < -0.3 is 10.1 Å². The molecule has 0 bridgehead atoms. The maximum atomic E-state index is 12.1. The van der Waals surface area contributed by atoms with Gasteiger partial charge in [0.2, 0.25) is 5.91 Å². The molecule has 1 aromatic heterocycles. The Morgan fingerprint density at radius 3 is 2.83 bits per heavy atom. The van der Waals surface area contributed by atoms with Crippen LogP contribution in [0.2, 0.25) is 0 Å². The molecular formula is C18H17N3O2S. The van der Waals surface area contributed by atoms with E-state index in [0.29, 0.717) is 11.4 Å². The highest BCUT2D eigenvalue weighted by Crippen LogP contribution is 2.21. The van der Waals surface area contributed by atoms with Gasteiger partial charge in [-0.1, -0.05) is 36.0 Å². The van der Waals surface area contributed by atoms with E-state index in [1.165, 1.54) is 11.8 Å². The number of carbonyl (C=O) groups is 1. The molecule has 1 heterocycles. The number of rotatable bonds is 6. The van der Waals surface area contributed by atoms with E-state index >= 15 is 0 Å². The van der Waals surface area contributed by atoms with Crippen molar-refractivity contribution in [2.45, 2.75) is 5.16 Å². The van der Waals surface area contributed by atoms with Crippen LogP contribution in [0.5, 0.6) is 5.75 Å². The zero-order valence-corrected chi connectivity index (χ0v) is 14.0. The smallest absolute Gasteiger partial charge is 0.234 e. The molecule has 0 fully saturated rings. The third-order valence-electron chi connectivity index (χ3n) is 3.33. The van der Waals surface area contributed by atoms with Crippen molar-refractivity contribution in [2.75, 3.05) is 18.2 Å². The summed E-state index contributed by atoms with van der Waals surface area (Å²) in [6, 6.07) is 17.2. The van der Waals surface area contributed by atoms with E-state index in [0.717, 1.165) is 10.8 Å². The second-order valence-electron chi connectivity index (χ2n) is 4.98. The van der Waals surface area contributed by atoms with Crippen molar-refractivity contribution in [2.24, 2.45) is 0 Å². The standard InChI is InChI=1S/C18H17N3O2S/c1-23-16-9-5-6-14(12-16)20-17(22)13-24-18-19-10-11-21(18)15-7-3-2-4-8-15/h2-12H,13H2,1H3,(H,20,22). The van der Waals surface area contributed by atoms with Crippen molar-refractivity contribution >= 4 is 23.4 Å². The lowest BCUT2D eigenvalue weighted by atomic mass is 10.3. The van der Waals surface area contributed by atoms with E-state index in [2.05, 4.69) is 10.3 Å². The molecule has 0 atom stereocenters. The first-order valence-electron chi connectivity index (χ1n) is 7.42. The van der Waals surface area contributed by atoms with Gasteiger partial charge in [-0.2, -0.15) is 0 Å². The quantitative estimate of drug-likeness (QED) is 0.697. The zero-order valence-electron chi connectivity index (χ0n) is 13.2. The van der Waals surface area contributed by atoms with Crippen LogP contribution < -0.4 is 10.1 Å². The Kier molecular flexibility index (Phi) is 5.18. The molecule has 1 N–H and O–H groups in total. The zero-order chi connectivity index (χ0) is 16.8. The number of amides is 1. The normalized spacial score (nSPS) is 10.4. The lowest BCUT2D eigenvalue weighted by molar-refractivity contribution is -0.113. The molecule has 0 saturated carbocycles. The molecule has 0 radical (unpaired) electrons. The Hall–Kier alpha value is -2.73. The van der Waals surface area contributed by atoms with E-state index in [9.17, 15) is 4.79 Å². The molecule has 0 unspecified atom stereocenters. The first kappa shape index (κ1) is 16.1.